The molecule has 1 N–H and O–H groups in total. The van der Waals surface area contributed by atoms with Crippen LogP contribution in [0.25, 0.3) is 0 Å². The summed E-state index contributed by atoms with van der Waals surface area (Å²) in [7, 11) is 0. The Balaban J connectivity index is 2.91. The Morgan fingerprint density at radius 2 is 1.75 bits per heavy atom. The number of hydrogen-bond acceptors (Lipinski definition) is 2. The van der Waals surface area contributed by atoms with Crippen LogP contribution >= 0.6 is 0 Å². The summed E-state index contributed by atoms with van der Waals surface area (Å²) in [5, 5.41) is 2.91. The molecular weight excluding hydrogens is 252 g/mol. The molecule has 114 valence electrons. The zero-order valence-corrected chi connectivity index (χ0v) is 13.3. The van der Waals surface area contributed by atoms with Gasteiger partial charge >= 0.3 is 0 Å². The Labute approximate surface area is 122 Å². The van der Waals surface area contributed by atoms with Crippen molar-refractivity contribution in [3.63, 3.8) is 0 Å². The Morgan fingerprint density at radius 1 is 1.15 bits per heavy atom. The van der Waals surface area contributed by atoms with E-state index in [2.05, 4.69) is 33.0 Å². The Morgan fingerprint density at radius 3 is 2.25 bits per heavy atom. The van der Waals surface area contributed by atoms with E-state index in [0.29, 0.717) is 31.2 Å². The van der Waals surface area contributed by atoms with Crippen LogP contribution in [-0.4, -0.2) is 35.3 Å². The molecule has 1 fully saturated rings. The second-order valence-corrected chi connectivity index (χ2v) is 6.40. The lowest BCUT2D eigenvalue weighted by Gasteiger charge is -2.39. The van der Waals surface area contributed by atoms with Crippen molar-refractivity contribution in [3.05, 3.63) is 12.2 Å². The average molecular weight is 280 g/mol. The first kappa shape index (κ1) is 16.7. The normalized spacial score (nSPS) is 24.1. The third-order valence-electron chi connectivity index (χ3n) is 3.52. The van der Waals surface area contributed by atoms with E-state index in [9.17, 15) is 9.59 Å². The number of allylic oxidation sites excluding steroid dienone is 1. The molecule has 0 bridgehead atoms. The maximum absolute atomic E-state index is 12.6. The van der Waals surface area contributed by atoms with Gasteiger partial charge in [-0.25, -0.2) is 0 Å². The summed E-state index contributed by atoms with van der Waals surface area (Å²) in [6.07, 6.45) is 5.27. The zero-order chi connectivity index (χ0) is 15.3. The van der Waals surface area contributed by atoms with Gasteiger partial charge in [0.25, 0.3) is 0 Å². The molecule has 0 radical (unpaired) electrons. The third-order valence-corrected chi connectivity index (χ3v) is 3.52. The molecule has 2 atom stereocenters. The largest absolute Gasteiger partial charge is 0.342 e. The van der Waals surface area contributed by atoms with Gasteiger partial charge < -0.3 is 10.2 Å². The van der Waals surface area contributed by atoms with Gasteiger partial charge in [-0.05, 0) is 31.6 Å². The van der Waals surface area contributed by atoms with Crippen LogP contribution in [0.2, 0.25) is 0 Å². The van der Waals surface area contributed by atoms with Crippen LogP contribution in [0, 0.1) is 11.8 Å². The molecule has 0 saturated carbocycles. The Bertz CT molecular complexity index is 375. The maximum Gasteiger partial charge on any atom is 0.246 e. The van der Waals surface area contributed by atoms with E-state index in [1.54, 1.807) is 4.90 Å². The molecule has 1 aliphatic heterocycles. The Hall–Kier alpha value is -1.32. The number of carbonyl (C=O) groups excluding carboxylic acids is 2. The van der Waals surface area contributed by atoms with E-state index >= 15 is 0 Å². The number of nitrogens with zero attached hydrogens (tertiary/aromatic N) is 1. The van der Waals surface area contributed by atoms with Crippen molar-refractivity contribution < 1.29 is 9.59 Å². The lowest BCUT2D eigenvalue weighted by Crippen LogP contribution is -2.63. The van der Waals surface area contributed by atoms with Gasteiger partial charge in [-0.2, -0.15) is 0 Å². The number of hydrogen-bond donors (Lipinski definition) is 1. The van der Waals surface area contributed by atoms with Gasteiger partial charge in [0, 0.05) is 6.54 Å². The monoisotopic (exact) mass is 280 g/mol. The van der Waals surface area contributed by atoms with Crippen molar-refractivity contribution in [2.45, 2.75) is 59.5 Å². The molecule has 0 aromatic heterocycles. The minimum atomic E-state index is -0.365. The van der Waals surface area contributed by atoms with E-state index in [1.807, 2.05) is 19.1 Å². The highest BCUT2D eigenvalue weighted by molar-refractivity contribution is 5.97. The molecule has 2 amide bonds. The number of amides is 2. The zero-order valence-electron chi connectivity index (χ0n) is 13.3. The molecule has 20 heavy (non-hydrogen) atoms. The van der Waals surface area contributed by atoms with E-state index in [-0.39, 0.29) is 23.9 Å². The molecule has 4 nitrogen and oxygen atoms in total. The third kappa shape index (κ3) is 4.36. The second kappa shape index (κ2) is 7.46. The van der Waals surface area contributed by atoms with Gasteiger partial charge in [0.15, 0.2) is 0 Å². The van der Waals surface area contributed by atoms with Crippen LogP contribution in [0.4, 0.5) is 0 Å². The van der Waals surface area contributed by atoms with Gasteiger partial charge in [0.2, 0.25) is 11.8 Å². The fraction of sp³-hybridized carbons (Fsp3) is 0.750. The first-order valence-corrected chi connectivity index (χ1v) is 7.58. The number of carbonyl (C=O) groups is 2. The number of rotatable bonds is 6. The van der Waals surface area contributed by atoms with E-state index in [1.165, 1.54) is 0 Å². The molecular formula is C16H28N2O2. The lowest BCUT2D eigenvalue weighted by molar-refractivity contribution is -0.149. The fourth-order valence-electron chi connectivity index (χ4n) is 2.57. The molecule has 0 spiro atoms. The van der Waals surface area contributed by atoms with Crippen molar-refractivity contribution in [2.24, 2.45) is 11.8 Å². The maximum atomic E-state index is 12.6. The minimum Gasteiger partial charge on any atom is -0.342 e. The van der Waals surface area contributed by atoms with E-state index in [0.717, 1.165) is 0 Å². The first-order chi connectivity index (χ1) is 9.36. The lowest BCUT2D eigenvalue weighted by atomic mass is 9.94. The number of nitrogens with one attached hydrogen (secondary N) is 1. The van der Waals surface area contributed by atoms with E-state index < -0.39 is 0 Å². The highest BCUT2D eigenvalue weighted by Gasteiger charge is 2.39. The van der Waals surface area contributed by atoms with Gasteiger partial charge in [-0.3, -0.25) is 9.59 Å². The van der Waals surface area contributed by atoms with Crippen LogP contribution in [-0.2, 0) is 9.59 Å². The highest BCUT2D eigenvalue weighted by Crippen LogP contribution is 2.20. The Kier molecular flexibility index (Phi) is 6.24. The predicted octanol–water partition coefficient (Wildman–Crippen LogP) is 2.35. The molecule has 0 aliphatic carbocycles. The summed E-state index contributed by atoms with van der Waals surface area (Å²) >= 11 is 0. The quantitative estimate of drug-likeness (QED) is 0.759. The van der Waals surface area contributed by atoms with Crippen molar-refractivity contribution in [1.29, 1.82) is 0 Å². The summed E-state index contributed by atoms with van der Waals surface area (Å²) in [5.41, 5.74) is 0. The standard InChI is InChI=1S/C16H28N2O2/c1-6-7-8-18-14(10-12(4)5)15(19)17-13(16(18)20)9-11(2)3/h6-7,11-14H,8-10H2,1-5H3,(H,17,19)/b7-6+. The highest BCUT2D eigenvalue weighted by atomic mass is 16.2. The molecule has 4 heteroatoms. The first-order valence-electron chi connectivity index (χ1n) is 7.58. The fourth-order valence-corrected chi connectivity index (χ4v) is 2.57. The van der Waals surface area contributed by atoms with Crippen molar-refractivity contribution in [1.82, 2.24) is 10.2 Å². The molecule has 1 aliphatic rings. The number of piperazine rings is 1. The van der Waals surface area contributed by atoms with Gasteiger partial charge in [0.05, 0.1) is 0 Å². The molecule has 1 saturated heterocycles. The summed E-state index contributed by atoms with van der Waals surface area (Å²) in [4.78, 5) is 26.6. The SMILES string of the molecule is C/C=C/CN1C(=O)C(CC(C)C)NC(=O)C1CC(C)C. The van der Waals surface area contributed by atoms with Crippen molar-refractivity contribution in [2.75, 3.05) is 6.54 Å². The van der Waals surface area contributed by atoms with Crippen molar-refractivity contribution in [3.8, 4) is 0 Å². The summed E-state index contributed by atoms with van der Waals surface area (Å²) in [6, 6.07) is -0.696. The van der Waals surface area contributed by atoms with Crippen LogP contribution in [0.15, 0.2) is 12.2 Å². The van der Waals surface area contributed by atoms with Crippen LogP contribution in [0.1, 0.15) is 47.5 Å². The molecule has 1 heterocycles. The summed E-state index contributed by atoms with van der Waals surface area (Å²) < 4.78 is 0. The second-order valence-electron chi connectivity index (χ2n) is 6.40. The molecule has 0 aromatic carbocycles. The smallest absolute Gasteiger partial charge is 0.246 e. The van der Waals surface area contributed by atoms with Crippen LogP contribution in [0.3, 0.4) is 0 Å². The average Bonchev–Trinajstić information content (AvgIpc) is 2.34. The minimum absolute atomic E-state index is 0.00606. The van der Waals surface area contributed by atoms with Gasteiger partial charge in [-0.15, -0.1) is 0 Å². The molecule has 1 rings (SSSR count). The van der Waals surface area contributed by atoms with Crippen LogP contribution in [0.5, 0.6) is 0 Å². The predicted molar refractivity (Wildman–Crippen MR) is 81.2 cm³/mol. The van der Waals surface area contributed by atoms with Crippen LogP contribution < -0.4 is 5.32 Å². The molecule has 2 unspecified atom stereocenters. The van der Waals surface area contributed by atoms with E-state index in [4.69, 9.17) is 0 Å². The van der Waals surface area contributed by atoms with Crippen molar-refractivity contribution >= 4 is 11.8 Å². The van der Waals surface area contributed by atoms with Gasteiger partial charge in [-0.1, -0.05) is 39.8 Å². The summed E-state index contributed by atoms with van der Waals surface area (Å²) in [5.74, 6) is 0.818. The molecule has 0 aromatic rings. The van der Waals surface area contributed by atoms with Gasteiger partial charge in [0.1, 0.15) is 12.1 Å². The summed E-state index contributed by atoms with van der Waals surface area (Å²) in [6.45, 7) is 10.7. The topological polar surface area (TPSA) is 49.4 Å².